The average Bonchev–Trinajstić information content (AvgIpc) is 3.02. The quantitative estimate of drug-likeness (QED) is 0.510. The van der Waals surface area contributed by atoms with Crippen molar-refractivity contribution >= 4 is 23.0 Å². The monoisotopic (exact) mass is 345 g/mol. The van der Waals surface area contributed by atoms with Crippen molar-refractivity contribution in [2.24, 2.45) is 0 Å². The Morgan fingerprint density at radius 1 is 1.12 bits per heavy atom. The summed E-state index contributed by atoms with van der Waals surface area (Å²) in [7, 11) is 0. The zero-order valence-corrected chi connectivity index (χ0v) is 14.9. The number of carboxylic acid groups (broad SMARTS) is 1. The Labute approximate surface area is 152 Å². The zero-order valence-electron chi connectivity index (χ0n) is 14.9. The molecule has 0 spiro atoms. The smallest absolute Gasteiger partial charge is 0.346 e. The van der Waals surface area contributed by atoms with Crippen molar-refractivity contribution in [2.45, 2.75) is 26.2 Å². The molecule has 0 saturated carbocycles. The summed E-state index contributed by atoms with van der Waals surface area (Å²) in [5.41, 5.74) is 3.28. The van der Waals surface area contributed by atoms with Gasteiger partial charge in [0.15, 0.2) is 0 Å². The lowest BCUT2D eigenvalue weighted by atomic mass is 9.86. The van der Waals surface area contributed by atoms with Gasteiger partial charge in [0.05, 0.1) is 0 Å². The Balaban J connectivity index is 1.97. The summed E-state index contributed by atoms with van der Waals surface area (Å²) < 4.78 is 5.94. The third-order valence-corrected chi connectivity index (χ3v) is 4.24. The van der Waals surface area contributed by atoms with E-state index in [1.54, 1.807) is 18.2 Å². The molecule has 0 bridgehead atoms. The lowest BCUT2D eigenvalue weighted by molar-refractivity contribution is -0.132. The maximum Gasteiger partial charge on any atom is 0.346 e. The van der Waals surface area contributed by atoms with Crippen molar-refractivity contribution in [3.63, 3.8) is 0 Å². The molecule has 26 heavy (non-hydrogen) atoms. The van der Waals surface area contributed by atoms with E-state index in [9.17, 15) is 4.79 Å². The van der Waals surface area contributed by atoms with Crippen LogP contribution in [0.15, 0.2) is 58.5 Å². The third kappa shape index (κ3) is 3.52. The number of furan rings is 1. The van der Waals surface area contributed by atoms with Crippen LogP contribution in [0, 0.1) is 11.3 Å². The second-order valence-corrected chi connectivity index (χ2v) is 7.21. The molecule has 0 aliphatic carbocycles. The van der Waals surface area contributed by atoms with Crippen LogP contribution in [0.4, 0.5) is 0 Å². The largest absolute Gasteiger partial charge is 0.477 e. The fourth-order valence-corrected chi connectivity index (χ4v) is 2.72. The van der Waals surface area contributed by atoms with E-state index in [2.05, 4.69) is 32.9 Å². The molecule has 0 unspecified atom stereocenters. The van der Waals surface area contributed by atoms with Gasteiger partial charge in [0, 0.05) is 10.9 Å². The van der Waals surface area contributed by atoms with Gasteiger partial charge in [0.25, 0.3) is 0 Å². The zero-order chi connectivity index (χ0) is 18.9. The first-order valence-electron chi connectivity index (χ1n) is 8.27. The van der Waals surface area contributed by atoms with Crippen molar-refractivity contribution in [2.75, 3.05) is 0 Å². The molecule has 0 amide bonds. The molecule has 4 heteroatoms. The van der Waals surface area contributed by atoms with Gasteiger partial charge in [0.2, 0.25) is 0 Å². The first-order chi connectivity index (χ1) is 12.3. The van der Waals surface area contributed by atoms with E-state index >= 15 is 0 Å². The Hall–Kier alpha value is -3.32. The van der Waals surface area contributed by atoms with Gasteiger partial charge in [-0.2, -0.15) is 5.26 Å². The summed E-state index contributed by atoms with van der Waals surface area (Å²) in [5.74, 6) is -0.494. The average molecular weight is 345 g/mol. The Morgan fingerprint density at radius 2 is 1.81 bits per heavy atom. The van der Waals surface area contributed by atoms with Gasteiger partial charge < -0.3 is 9.52 Å². The first kappa shape index (κ1) is 17.5. The molecule has 1 aromatic heterocycles. The first-order valence-corrected chi connectivity index (χ1v) is 8.27. The van der Waals surface area contributed by atoms with E-state index in [-0.39, 0.29) is 11.0 Å². The number of rotatable bonds is 3. The number of carboxylic acids is 1. The normalized spacial score (nSPS) is 12.2. The van der Waals surface area contributed by atoms with Gasteiger partial charge in [0.1, 0.15) is 23.0 Å². The molecular formula is C22H19NO3. The minimum atomic E-state index is -1.24. The maximum absolute atomic E-state index is 11.0. The number of hydrogen-bond acceptors (Lipinski definition) is 3. The van der Waals surface area contributed by atoms with E-state index in [0.717, 1.165) is 16.7 Å². The van der Waals surface area contributed by atoms with Crippen molar-refractivity contribution in [1.29, 1.82) is 5.26 Å². The van der Waals surface area contributed by atoms with E-state index in [1.807, 2.05) is 24.3 Å². The van der Waals surface area contributed by atoms with Crippen LogP contribution in [0.1, 0.15) is 31.9 Å². The van der Waals surface area contributed by atoms with Gasteiger partial charge in [-0.25, -0.2) is 4.79 Å². The summed E-state index contributed by atoms with van der Waals surface area (Å²) in [6, 6.07) is 17.3. The summed E-state index contributed by atoms with van der Waals surface area (Å²) in [5, 5.41) is 18.8. The fraction of sp³-hybridized carbons (Fsp3) is 0.182. The molecule has 0 aliphatic heterocycles. The van der Waals surface area contributed by atoms with E-state index in [4.69, 9.17) is 14.8 Å². The molecule has 3 rings (SSSR count). The van der Waals surface area contributed by atoms with Crippen LogP contribution in [0.2, 0.25) is 0 Å². The molecule has 0 fully saturated rings. The summed E-state index contributed by atoms with van der Waals surface area (Å²) in [6.45, 7) is 6.51. The minimum absolute atomic E-state index is 0.0935. The molecule has 1 N–H and O–H groups in total. The molecule has 0 atom stereocenters. The Bertz CT molecular complexity index is 1040. The van der Waals surface area contributed by atoms with Crippen molar-refractivity contribution in [1.82, 2.24) is 0 Å². The number of nitriles is 1. The minimum Gasteiger partial charge on any atom is -0.477 e. The SMILES string of the molecule is CC(C)(C)c1ccc(-c2cc3ccc(/C=C(\C#N)C(=O)O)cc3o2)cc1. The van der Waals surface area contributed by atoms with Gasteiger partial charge in [-0.15, -0.1) is 0 Å². The molecule has 130 valence electrons. The van der Waals surface area contributed by atoms with Gasteiger partial charge in [-0.05, 0) is 34.8 Å². The summed E-state index contributed by atoms with van der Waals surface area (Å²) in [4.78, 5) is 11.0. The lowest BCUT2D eigenvalue weighted by Crippen LogP contribution is -2.10. The molecule has 0 radical (unpaired) electrons. The highest BCUT2D eigenvalue weighted by Crippen LogP contribution is 2.31. The molecule has 3 aromatic rings. The van der Waals surface area contributed by atoms with E-state index in [1.165, 1.54) is 11.6 Å². The predicted octanol–water partition coefficient (Wildman–Crippen LogP) is 5.39. The number of carbonyl (C=O) groups is 1. The third-order valence-electron chi connectivity index (χ3n) is 4.24. The topological polar surface area (TPSA) is 74.2 Å². The molecule has 4 nitrogen and oxygen atoms in total. The number of aliphatic carboxylic acids is 1. The number of benzene rings is 2. The second-order valence-electron chi connectivity index (χ2n) is 7.21. The van der Waals surface area contributed by atoms with Crippen LogP contribution in [0.25, 0.3) is 28.4 Å². The van der Waals surface area contributed by atoms with E-state index < -0.39 is 5.97 Å². The summed E-state index contributed by atoms with van der Waals surface area (Å²) in [6.07, 6.45) is 1.34. The van der Waals surface area contributed by atoms with Crippen LogP contribution in [-0.2, 0) is 10.2 Å². The van der Waals surface area contributed by atoms with Crippen molar-refractivity contribution in [3.05, 3.63) is 65.2 Å². The number of fused-ring (bicyclic) bond motifs is 1. The molecule has 2 aromatic carbocycles. The van der Waals surface area contributed by atoms with Crippen LogP contribution in [0.3, 0.4) is 0 Å². The maximum atomic E-state index is 11.0. The van der Waals surface area contributed by atoms with Gasteiger partial charge in [-0.1, -0.05) is 57.2 Å². The van der Waals surface area contributed by atoms with Crippen molar-refractivity contribution < 1.29 is 14.3 Å². The number of nitrogens with zero attached hydrogens (tertiary/aromatic N) is 1. The van der Waals surface area contributed by atoms with E-state index in [0.29, 0.717) is 11.1 Å². The molecular weight excluding hydrogens is 326 g/mol. The highest BCUT2D eigenvalue weighted by Gasteiger charge is 2.14. The Morgan fingerprint density at radius 3 is 2.38 bits per heavy atom. The van der Waals surface area contributed by atoms with Gasteiger partial charge >= 0.3 is 5.97 Å². The molecule has 1 heterocycles. The standard InChI is InChI=1S/C22H19NO3/c1-22(2,3)18-8-6-15(7-9-18)20-12-16-5-4-14(11-19(16)26-20)10-17(13-23)21(24)25/h4-12H,1-3H3,(H,24,25)/b17-10+. The van der Waals surface area contributed by atoms with Crippen LogP contribution in [-0.4, -0.2) is 11.1 Å². The van der Waals surface area contributed by atoms with Crippen LogP contribution < -0.4 is 0 Å². The second kappa shape index (κ2) is 6.53. The van der Waals surface area contributed by atoms with Crippen molar-refractivity contribution in [3.8, 4) is 17.4 Å². The van der Waals surface area contributed by atoms with Crippen LogP contribution >= 0.6 is 0 Å². The Kier molecular flexibility index (Phi) is 4.40. The highest BCUT2D eigenvalue weighted by molar-refractivity contribution is 5.97. The highest BCUT2D eigenvalue weighted by atomic mass is 16.4. The predicted molar refractivity (Wildman–Crippen MR) is 102 cm³/mol. The summed E-state index contributed by atoms with van der Waals surface area (Å²) >= 11 is 0. The lowest BCUT2D eigenvalue weighted by Gasteiger charge is -2.18. The molecule has 0 saturated heterocycles. The fourth-order valence-electron chi connectivity index (χ4n) is 2.72. The van der Waals surface area contributed by atoms with Crippen LogP contribution in [0.5, 0.6) is 0 Å². The number of hydrogen-bond donors (Lipinski definition) is 1. The molecule has 0 aliphatic rings. The van der Waals surface area contributed by atoms with Gasteiger partial charge in [-0.3, -0.25) is 0 Å².